The van der Waals surface area contributed by atoms with Crippen molar-refractivity contribution in [1.82, 2.24) is 5.32 Å². The lowest BCUT2D eigenvalue weighted by Gasteiger charge is -2.32. The van der Waals surface area contributed by atoms with E-state index in [1.54, 1.807) is 14.2 Å². The first kappa shape index (κ1) is 24.7. The fourth-order valence-electron chi connectivity index (χ4n) is 3.35. The summed E-state index contributed by atoms with van der Waals surface area (Å²) in [5, 5.41) is 2.81. The minimum Gasteiger partial charge on any atom is -0.496 e. The molecule has 1 heterocycles. The molecule has 3 rings (SSSR count). The number of methoxy groups -OCH3 is 2. The van der Waals surface area contributed by atoms with Gasteiger partial charge < -0.3 is 28.8 Å². The SMILES string of the molecule is COc1cccc(OC)c1C=C(CNC(=O)OCc1ccccc1)B1OC(C)(C)C(C)(C)O1. The van der Waals surface area contributed by atoms with E-state index in [-0.39, 0.29) is 13.2 Å². The molecule has 1 fully saturated rings. The minimum absolute atomic E-state index is 0.158. The van der Waals surface area contributed by atoms with Gasteiger partial charge in [-0.2, -0.15) is 0 Å². The molecule has 1 amide bonds. The van der Waals surface area contributed by atoms with Crippen LogP contribution in [0.2, 0.25) is 0 Å². The van der Waals surface area contributed by atoms with E-state index in [2.05, 4.69) is 5.32 Å². The van der Waals surface area contributed by atoms with Gasteiger partial charge >= 0.3 is 13.2 Å². The highest BCUT2D eigenvalue weighted by Gasteiger charge is 2.52. The summed E-state index contributed by atoms with van der Waals surface area (Å²) < 4.78 is 28.9. The molecule has 8 heteroatoms. The van der Waals surface area contributed by atoms with Crippen molar-refractivity contribution in [1.29, 1.82) is 0 Å². The Balaban J connectivity index is 1.83. The van der Waals surface area contributed by atoms with Crippen molar-refractivity contribution < 1.29 is 28.3 Å². The largest absolute Gasteiger partial charge is 0.496 e. The van der Waals surface area contributed by atoms with Crippen molar-refractivity contribution in [2.24, 2.45) is 0 Å². The molecule has 0 atom stereocenters. The average molecular weight is 453 g/mol. The zero-order valence-electron chi connectivity index (χ0n) is 20.1. The molecule has 7 nitrogen and oxygen atoms in total. The summed E-state index contributed by atoms with van der Waals surface area (Å²) in [6.45, 7) is 8.27. The first-order valence-electron chi connectivity index (χ1n) is 10.9. The molecule has 0 spiro atoms. The molecule has 0 aromatic heterocycles. The van der Waals surface area contributed by atoms with Crippen molar-refractivity contribution in [3.8, 4) is 11.5 Å². The second-order valence-electron chi connectivity index (χ2n) is 8.80. The molecular weight excluding hydrogens is 421 g/mol. The monoisotopic (exact) mass is 453 g/mol. The molecule has 176 valence electrons. The third kappa shape index (κ3) is 5.89. The number of alkyl carbamates (subject to hydrolysis) is 1. The topological polar surface area (TPSA) is 75.3 Å². The Kier molecular flexibility index (Phi) is 7.71. The van der Waals surface area contributed by atoms with Crippen molar-refractivity contribution in [2.45, 2.75) is 45.5 Å². The molecule has 2 aromatic rings. The maximum atomic E-state index is 12.4. The van der Waals surface area contributed by atoms with Gasteiger partial charge in [0.1, 0.15) is 18.1 Å². The summed E-state index contributed by atoms with van der Waals surface area (Å²) in [5.74, 6) is 1.27. The van der Waals surface area contributed by atoms with Gasteiger partial charge in [-0.3, -0.25) is 0 Å². The van der Waals surface area contributed by atoms with E-state index in [0.717, 1.165) is 11.1 Å². The van der Waals surface area contributed by atoms with Gasteiger partial charge in [0.25, 0.3) is 0 Å². The Morgan fingerprint density at radius 3 is 2.06 bits per heavy atom. The van der Waals surface area contributed by atoms with Crippen LogP contribution < -0.4 is 14.8 Å². The average Bonchev–Trinajstić information content (AvgIpc) is 3.02. The molecule has 0 unspecified atom stereocenters. The number of nitrogens with one attached hydrogen (secondary N) is 1. The third-order valence-corrected chi connectivity index (χ3v) is 6.00. The van der Waals surface area contributed by atoms with E-state index in [1.807, 2.05) is 82.3 Å². The quantitative estimate of drug-likeness (QED) is 0.587. The van der Waals surface area contributed by atoms with Crippen LogP contribution >= 0.6 is 0 Å². The predicted octanol–water partition coefficient (Wildman–Crippen LogP) is 4.65. The normalized spacial score (nSPS) is 16.9. The summed E-state index contributed by atoms with van der Waals surface area (Å²) >= 11 is 0. The zero-order valence-corrected chi connectivity index (χ0v) is 20.1. The number of carbonyl (C=O) groups excluding carboxylic acids is 1. The van der Waals surface area contributed by atoms with Crippen molar-refractivity contribution in [2.75, 3.05) is 20.8 Å². The van der Waals surface area contributed by atoms with Crippen LogP contribution in [0.25, 0.3) is 6.08 Å². The number of carbonyl (C=O) groups is 1. The molecule has 0 saturated carbocycles. The van der Waals surface area contributed by atoms with Crippen LogP contribution in [0.1, 0.15) is 38.8 Å². The second-order valence-corrected chi connectivity index (χ2v) is 8.80. The Hall–Kier alpha value is -2.97. The Morgan fingerprint density at radius 1 is 0.939 bits per heavy atom. The lowest BCUT2D eigenvalue weighted by atomic mass is 9.76. The highest BCUT2D eigenvalue weighted by atomic mass is 16.7. The van der Waals surface area contributed by atoms with Gasteiger partial charge in [0.05, 0.1) is 31.0 Å². The summed E-state index contributed by atoms with van der Waals surface area (Å²) in [4.78, 5) is 12.4. The van der Waals surface area contributed by atoms with E-state index in [9.17, 15) is 4.79 Å². The first-order valence-corrected chi connectivity index (χ1v) is 10.9. The number of hydrogen-bond acceptors (Lipinski definition) is 6. The Morgan fingerprint density at radius 2 is 1.52 bits per heavy atom. The van der Waals surface area contributed by atoms with Crippen molar-refractivity contribution >= 4 is 19.3 Å². The highest BCUT2D eigenvalue weighted by molar-refractivity contribution is 6.56. The third-order valence-electron chi connectivity index (χ3n) is 6.00. The van der Waals surface area contributed by atoms with Gasteiger partial charge in [0.15, 0.2) is 0 Å². The fraction of sp³-hybridized carbons (Fsp3) is 0.400. The molecule has 1 saturated heterocycles. The predicted molar refractivity (Wildman–Crippen MR) is 128 cm³/mol. The van der Waals surface area contributed by atoms with E-state index in [1.165, 1.54) is 0 Å². The molecule has 1 aliphatic heterocycles. The Labute approximate surface area is 196 Å². The summed E-state index contributed by atoms with van der Waals surface area (Å²) in [7, 11) is 2.53. The van der Waals surface area contributed by atoms with Crippen molar-refractivity contribution in [3.05, 3.63) is 65.1 Å². The standard InChI is InChI=1S/C25H32BNO6/c1-24(2)25(3,4)33-26(32-24)19(15-20-21(29-5)13-10-14-22(20)30-6)16-27-23(28)31-17-18-11-8-7-9-12-18/h7-15H,16-17H2,1-6H3,(H,27,28). The van der Waals surface area contributed by atoms with Crippen LogP contribution in [-0.2, 0) is 20.7 Å². The maximum Gasteiger partial charge on any atom is 0.492 e. The molecular formula is C25H32BNO6. The lowest BCUT2D eigenvalue weighted by Crippen LogP contribution is -2.41. The van der Waals surface area contributed by atoms with Crippen LogP contribution in [0.3, 0.4) is 0 Å². The van der Waals surface area contributed by atoms with Crippen LogP contribution in [0, 0.1) is 0 Å². The van der Waals surface area contributed by atoms with Gasteiger partial charge in [-0.25, -0.2) is 4.79 Å². The highest BCUT2D eigenvalue weighted by Crippen LogP contribution is 2.39. The van der Waals surface area contributed by atoms with E-state index in [0.29, 0.717) is 17.0 Å². The van der Waals surface area contributed by atoms with Gasteiger partial charge in [0.2, 0.25) is 0 Å². The minimum atomic E-state index is -0.668. The van der Waals surface area contributed by atoms with Gasteiger partial charge in [0, 0.05) is 6.54 Å². The smallest absolute Gasteiger partial charge is 0.492 e. The molecule has 0 radical (unpaired) electrons. The van der Waals surface area contributed by atoms with E-state index >= 15 is 0 Å². The summed E-state index contributed by atoms with van der Waals surface area (Å²) in [6, 6.07) is 15.1. The molecule has 0 bridgehead atoms. The van der Waals surface area contributed by atoms with E-state index < -0.39 is 24.4 Å². The number of amides is 1. The van der Waals surface area contributed by atoms with Crippen LogP contribution in [-0.4, -0.2) is 45.2 Å². The number of hydrogen-bond donors (Lipinski definition) is 1. The Bertz CT molecular complexity index is 951. The lowest BCUT2D eigenvalue weighted by molar-refractivity contribution is 0.00578. The second kappa shape index (κ2) is 10.3. The molecule has 0 aliphatic carbocycles. The maximum absolute atomic E-state index is 12.4. The first-order chi connectivity index (χ1) is 15.7. The molecule has 33 heavy (non-hydrogen) atoms. The van der Waals surface area contributed by atoms with Gasteiger partial charge in [-0.05, 0) is 56.9 Å². The van der Waals surface area contributed by atoms with Gasteiger partial charge in [-0.1, -0.05) is 36.4 Å². The summed E-state index contributed by atoms with van der Waals surface area (Å²) in [6.07, 6.45) is 1.34. The van der Waals surface area contributed by atoms with Crippen LogP contribution in [0.5, 0.6) is 11.5 Å². The summed E-state index contributed by atoms with van der Waals surface area (Å²) in [5.41, 5.74) is 1.28. The number of ether oxygens (including phenoxy) is 3. The van der Waals surface area contributed by atoms with Crippen LogP contribution in [0.15, 0.2) is 54.0 Å². The number of benzene rings is 2. The molecule has 2 aromatic carbocycles. The van der Waals surface area contributed by atoms with Gasteiger partial charge in [-0.15, -0.1) is 0 Å². The fourth-order valence-corrected chi connectivity index (χ4v) is 3.35. The van der Waals surface area contributed by atoms with Crippen LogP contribution in [0.4, 0.5) is 4.79 Å². The zero-order chi connectivity index (χ0) is 24.1. The van der Waals surface area contributed by atoms with Crippen molar-refractivity contribution in [3.63, 3.8) is 0 Å². The molecule has 1 aliphatic rings. The number of rotatable bonds is 8. The van der Waals surface area contributed by atoms with E-state index in [4.69, 9.17) is 23.5 Å². The molecule has 1 N–H and O–H groups in total.